The Kier molecular flexibility index (Phi) is 40.9. The summed E-state index contributed by atoms with van der Waals surface area (Å²) in [5.74, 6) is 0. The zero-order valence-corrected chi connectivity index (χ0v) is 34.7. The molecule has 0 aromatic heterocycles. The van der Waals surface area contributed by atoms with Crippen LogP contribution in [0.15, 0.2) is 0 Å². The summed E-state index contributed by atoms with van der Waals surface area (Å²) in [4.78, 5) is 12.6. The van der Waals surface area contributed by atoms with Crippen molar-refractivity contribution in [3.05, 3.63) is 0 Å². The second-order valence-corrected chi connectivity index (χ2v) is 16.7. The van der Waals surface area contributed by atoms with Gasteiger partial charge < -0.3 is 9.79 Å². The van der Waals surface area contributed by atoms with E-state index in [2.05, 4.69) is 25.7 Å². The third kappa shape index (κ3) is 40.7. The quantitative estimate of drug-likeness (QED) is 0.0503. The molecule has 296 valence electrons. The van der Waals surface area contributed by atoms with E-state index in [0.717, 1.165) is 25.7 Å². The Morgan fingerprint density at radius 2 is 0.551 bits per heavy atom. The fourth-order valence-electron chi connectivity index (χ4n) is 6.94. The molecular formula is C43H90NO4P. The van der Waals surface area contributed by atoms with Gasteiger partial charge in [0.2, 0.25) is 0 Å². The normalized spacial score (nSPS) is 13.1. The van der Waals surface area contributed by atoms with Crippen LogP contribution >= 0.6 is 7.82 Å². The highest BCUT2D eigenvalue weighted by Gasteiger charge is 2.19. The molecule has 49 heavy (non-hydrogen) atoms. The van der Waals surface area contributed by atoms with Gasteiger partial charge in [0.05, 0.1) is 13.2 Å². The summed E-state index contributed by atoms with van der Waals surface area (Å²) in [6, 6.07) is 0. The van der Waals surface area contributed by atoms with Gasteiger partial charge >= 0.3 is 7.82 Å². The topological polar surface area (TPSA) is 59.0 Å². The Labute approximate surface area is 308 Å². The van der Waals surface area contributed by atoms with Crippen LogP contribution in [0.4, 0.5) is 0 Å². The summed E-state index contributed by atoms with van der Waals surface area (Å²) in [6.07, 6.45) is 46.3. The van der Waals surface area contributed by atoms with Gasteiger partial charge in [-0.3, -0.25) is 9.05 Å². The van der Waals surface area contributed by atoms with Crippen LogP contribution < -0.4 is 0 Å². The van der Waals surface area contributed by atoms with E-state index in [1.807, 2.05) is 0 Å². The molecule has 1 N–H and O–H groups in total. The second kappa shape index (κ2) is 40.8. The standard InChI is InChI=1S/C43H90NO4P/c1-4-7-10-13-27-32-37-42-47-49(45,46)48-43-38-33-28-25-23-21-19-17-16-18-20-22-24-26-31-36-41-44(39-34-29-14-11-8-5-2)40-35-30-15-12-9-6-3/h4-43H2,1-3H3,(H,45,46). The average molecular weight is 716 g/mol. The molecule has 5 nitrogen and oxygen atoms in total. The minimum absolute atomic E-state index is 0.319. The van der Waals surface area contributed by atoms with Crippen LogP contribution in [0.2, 0.25) is 0 Å². The molecule has 0 amide bonds. The van der Waals surface area contributed by atoms with Crippen molar-refractivity contribution in [3.63, 3.8) is 0 Å². The van der Waals surface area contributed by atoms with Crippen molar-refractivity contribution < 1.29 is 18.5 Å². The third-order valence-corrected chi connectivity index (χ3v) is 11.3. The Bertz CT molecular complexity index is 648. The highest BCUT2D eigenvalue weighted by Crippen LogP contribution is 2.43. The van der Waals surface area contributed by atoms with Gasteiger partial charge in [0.15, 0.2) is 0 Å². The number of nitrogens with zero attached hydrogens (tertiary/aromatic N) is 1. The van der Waals surface area contributed by atoms with Crippen LogP contribution in [-0.2, 0) is 13.6 Å². The molecule has 6 heteroatoms. The lowest BCUT2D eigenvalue weighted by molar-refractivity contribution is 0.145. The second-order valence-electron chi connectivity index (χ2n) is 15.3. The molecule has 0 bridgehead atoms. The van der Waals surface area contributed by atoms with Crippen LogP contribution in [0, 0.1) is 0 Å². The van der Waals surface area contributed by atoms with E-state index in [4.69, 9.17) is 9.05 Å². The molecule has 0 aromatic carbocycles. The molecule has 0 radical (unpaired) electrons. The summed E-state index contributed by atoms with van der Waals surface area (Å²) in [7, 11) is -3.87. The van der Waals surface area contributed by atoms with E-state index in [0.29, 0.717) is 13.2 Å². The molecule has 1 unspecified atom stereocenters. The summed E-state index contributed by atoms with van der Waals surface area (Å²) >= 11 is 0. The van der Waals surface area contributed by atoms with Crippen molar-refractivity contribution in [1.82, 2.24) is 4.90 Å². The summed E-state index contributed by atoms with van der Waals surface area (Å²) in [5.41, 5.74) is 0. The Balaban J connectivity index is 3.55. The van der Waals surface area contributed by atoms with Gasteiger partial charge in [-0.2, -0.15) is 0 Å². The molecule has 0 rings (SSSR count). The van der Waals surface area contributed by atoms with Crippen LogP contribution in [0.1, 0.15) is 245 Å². The monoisotopic (exact) mass is 716 g/mol. The third-order valence-electron chi connectivity index (χ3n) is 10.3. The molecule has 1 atom stereocenters. The number of phosphoric ester groups is 1. The number of hydrogen-bond donors (Lipinski definition) is 1. The maximum absolute atomic E-state index is 12.0. The first-order valence-electron chi connectivity index (χ1n) is 22.4. The smallest absolute Gasteiger partial charge is 0.303 e. The van der Waals surface area contributed by atoms with Gasteiger partial charge in [-0.15, -0.1) is 0 Å². The molecule has 0 aliphatic rings. The molecule has 0 aromatic rings. The van der Waals surface area contributed by atoms with E-state index in [9.17, 15) is 9.46 Å². The summed E-state index contributed by atoms with van der Waals surface area (Å²) < 4.78 is 22.3. The van der Waals surface area contributed by atoms with Crippen molar-refractivity contribution in [1.29, 1.82) is 0 Å². The van der Waals surface area contributed by atoms with Crippen molar-refractivity contribution in [2.24, 2.45) is 0 Å². The first-order chi connectivity index (χ1) is 24.1. The summed E-state index contributed by atoms with van der Waals surface area (Å²) in [6.45, 7) is 11.5. The highest BCUT2D eigenvalue weighted by atomic mass is 31.2. The maximum atomic E-state index is 12.0. The maximum Gasteiger partial charge on any atom is 0.472 e. The van der Waals surface area contributed by atoms with Crippen LogP contribution in [-0.4, -0.2) is 42.6 Å². The molecule has 0 fully saturated rings. The van der Waals surface area contributed by atoms with Crippen LogP contribution in [0.5, 0.6) is 0 Å². The van der Waals surface area contributed by atoms with Gasteiger partial charge in [-0.25, -0.2) is 4.57 Å². The van der Waals surface area contributed by atoms with E-state index < -0.39 is 7.82 Å². The number of hydrogen-bond acceptors (Lipinski definition) is 4. The number of unbranched alkanes of at least 4 members (excludes halogenated alkanes) is 31. The van der Waals surface area contributed by atoms with Gasteiger partial charge in [0.25, 0.3) is 0 Å². The molecular weight excluding hydrogens is 625 g/mol. The van der Waals surface area contributed by atoms with Gasteiger partial charge in [-0.1, -0.05) is 213 Å². The predicted octanol–water partition coefficient (Wildman–Crippen LogP) is 15.1. The molecule has 0 saturated carbocycles. The summed E-state index contributed by atoms with van der Waals surface area (Å²) in [5, 5.41) is 0. The Morgan fingerprint density at radius 1 is 0.347 bits per heavy atom. The molecule has 0 aliphatic heterocycles. The lowest BCUT2D eigenvalue weighted by Gasteiger charge is -2.22. The fourth-order valence-corrected chi connectivity index (χ4v) is 7.73. The zero-order valence-electron chi connectivity index (χ0n) is 33.9. The highest BCUT2D eigenvalue weighted by molar-refractivity contribution is 7.47. The predicted molar refractivity (Wildman–Crippen MR) is 217 cm³/mol. The minimum atomic E-state index is -3.87. The molecule has 0 aliphatic carbocycles. The van der Waals surface area contributed by atoms with Crippen LogP contribution in [0.25, 0.3) is 0 Å². The number of phosphoric acid groups is 1. The SMILES string of the molecule is CCCCCCCCCOP(=O)(O)OCCCCCCCCCCCCCCCCCCN(CCCCCCCC)CCCCCCCC. The van der Waals surface area contributed by atoms with E-state index in [1.165, 1.54) is 219 Å². The van der Waals surface area contributed by atoms with Gasteiger partial charge in [0.1, 0.15) is 0 Å². The zero-order chi connectivity index (χ0) is 35.8. The Morgan fingerprint density at radius 3 is 0.796 bits per heavy atom. The lowest BCUT2D eigenvalue weighted by Crippen LogP contribution is -2.27. The Hall–Kier alpha value is 0.0700. The fraction of sp³-hybridized carbons (Fsp3) is 1.00. The van der Waals surface area contributed by atoms with Crippen molar-refractivity contribution >= 4 is 7.82 Å². The van der Waals surface area contributed by atoms with E-state index in [1.54, 1.807) is 0 Å². The number of rotatable bonds is 43. The minimum Gasteiger partial charge on any atom is -0.303 e. The first-order valence-corrected chi connectivity index (χ1v) is 23.9. The van der Waals surface area contributed by atoms with E-state index >= 15 is 0 Å². The molecule has 0 heterocycles. The first kappa shape index (κ1) is 49.1. The molecule has 0 spiro atoms. The van der Waals surface area contributed by atoms with Gasteiger partial charge in [-0.05, 0) is 51.7 Å². The van der Waals surface area contributed by atoms with Crippen LogP contribution in [0.3, 0.4) is 0 Å². The average Bonchev–Trinajstić information content (AvgIpc) is 3.09. The lowest BCUT2D eigenvalue weighted by atomic mass is 10.0. The van der Waals surface area contributed by atoms with E-state index in [-0.39, 0.29) is 0 Å². The molecule has 0 saturated heterocycles. The van der Waals surface area contributed by atoms with Crippen molar-refractivity contribution in [3.8, 4) is 0 Å². The largest absolute Gasteiger partial charge is 0.472 e. The van der Waals surface area contributed by atoms with Crippen molar-refractivity contribution in [2.45, 2.75) is 245 Å². The van der Waals surface area contributed by atoms with Gasteiger partial charge in [0, 0.05) is 0 Å². The van der Waals surface area contributed by atoms with Crippen molar-refractivity contribution in [2.75, 3.05) is 32.8 Å².